The van der Waals surface area contributed by atoms with Gasteiger partial charge in [0.2, 0.25) is 0 Å². The van der Waals surface area contributed by atoms with E-state index in [4.69, 9.17) is 11.6 Å². The topological polar surface area (TPSA) is 12.0 Å². The van der Waals surface area contributed by atoms with Gasteiger partial charge in [0.15, 0.2) is 0 Å². The molecule has 1 aromatic heterocycles. The summed E-state index contributed by atoms with van der Waals surface area (Å²) in [4.78, 5) is 2.61. The van der Waals surface area contributed by atoms with Crippen LogP contribution in [-0.2, 0) is 6.42 Å². The Bertz CT molecular complexity index is 553. The summed E-state index contributed by atoms with van der Waals surface area (Å²) in [6.45, 7) is 5.09. The standard InChI is InChI=1S/C15H17ClFNS/c1-3-18-14(15-7-4-10(2)19-15)9-11-5-6-13(17)12(16)8-11/h4-8,14,18H,3,9H2,1-2H3. The normalized spacial score (nSPS) is 12.6. The third-order valence-corrected chi connectivity index (χ3v) is 4.38. The number of hydrogen-bond acceptors (Lipinski definition) is 2. The van der Waals surface area contributed by atoms with Gasteiger partial charge in [-0.05, 0) is 49.7 Å². The molecule has 0 aliphatic rings. The zero-order valence-corrected chi connectivity index (χ0v) is 12.6. The number of halogens is 2. The van der Waals surface area contributed by atoms with Crippen LogP contribution in [0, 0.1) is 12.7 Å². The fraction of sp³-hybridized carbons (Fsp3) is 0.333. The molecule has 2 rings (SSSR count). The molecule has 19 heavy (non-hydrogen) atoms. The summed E-state index contributed by atoms with van der Waals surface area (Å²) >= 11 is 7.62. The third-order valence-electron chi connectivity index (χ3n) is 2.98. The van der Waals surface area contributed by atoms with Crippen LogP contribution in [0.3, 0.4) is 0 Å². The molecule has 0 saturated carbocycles. The van der Waals surface area contributed by atoms with Gasteiger partial charge in [-0.3, -0.25) is 0 Å². The van der Waals surface area contributed by atoms with E-state index < -0.39 is 0 Å². The first-order valence-electron chi connectivity index (χ1n) is 6.33. The molecule has 1 N–H and O–H groups in total. The molecule has 1 atom stereocenters. The lowest BCUT2D eigenvalue weighted by Crippen LogP contribution is -2.22. The van der Waals surface area contributed by atoms with E-state index in [1.165, 1.54) is 15.8 Å². The van der Waals surface area contributed by atoms with Crippen molar-refractivity contribution in [2.24, 2.45) is 0 Å². The zero-order valence-electron chi connectivity index (χ0n) is 11.0. The molecule has 102 valence electrons. The van der Waals surface area contributed by atoms with Crippen LogP contribution in [0.2, 0.25) is 5.02 Å². The Labute approximate surface area is 122 Å². The Hall–Kier alpha value is -0.900. The molecule has 4 heteroatoms. The minimum absolute atomic E-state index is 0.190. The number of benzene rings is 1. The van der Waals surface area contributed by atoms with Gasteiger partial charge in [0.05, 0.1) is 5.02 Å². The first kappa shape index (κ1) is 14.5. The second kappa shape index (κ2) is 6.51. The summed E-state index contributed by atoms with van der Waals surface area (Å²) in [7, 11) is 0. The molecule has 0 amide bonds. The Morgan fingerprint density at radius 1 is 1.32 bits per heavy atom. The number of nitrogens with one attached hydrogen (secondary N) is 1. The van der Waals surface area contributed by atoms with Crippen LogP contribution >= 0.6 is 22.9 Å². The lowest BCUT2D eigenvalue weighted by Gasteiger charge is -2.16. The second-order valence-electron chi connectivity index (χ2n) is 4.51. The van der Waals surface area contributed by atoms with Gasteiger partial charge >= 0.3 is 0 Å². The molecule has 0 saturated heterocycles. The molecule has 1 heterocycles. The average Bonchev–Trinajstić information content (AvgIpc) is 2.80. The monoisotopic (exact) mass is 297 g/mol. The molecule has 0 spiro atoms. The van der Waals surface area contributed by atoms with Crippen molar-refractivity contribution < 1.29 is 4.39 Å². The van der Waals surface area contributed by atoms with Crippen molar-refractivity contribution in [2.75, 3.05) is 6.54 Å². The Balaban J connectivity index is 2.18. The minimum Gasteiger partial charge on any atom is -0.309 e. The number of rotatable bonds is 5. The van der Waals surface area contributed by atoms with E-state index in [2.05, 4.69) is 31.3 Å². The van der Waals surface area contributed by atoms with Gasteiger partial charge in [-0.2, -0.15) is 0 Å². The molecule has 1 unspecified atom stereocenters. The van der Waals surface area contributed by atoms with Crippen LogP contribution in [0.4, 0.5) is 4.39 Å². The first-order valence-corrected chi connectivity index (χ1v) is 7.53. The Morgan fingerprint density at radius 2 is 2.11 bits per heavy atom. The van der Waals surface area contributed by atoms with Crippen LogP contribution in [0.25, 0.3) is 0 Å². The van der Waals surface area contributed by atoms with Gasteiger partial charge in [-0.1, -0.05) is 24.6 Å². The highest BCUT2D eigenvalue weighted by Gasteiger charge is 2.14. The average molecular weight is 298 g/mol. The molecular formula is C15H17ClFNS. The molecule has 0 fully saturated rings. The highest BCUT2D eigenvalue weighted by Crippen LogP contribution is 2.27. The second-order valence-corrected chi connectivity index (χ2v) is 6.24. The van der Waals surface area contributed by atoms with E-state index in [9.17, 15) is 4.39 Å². The summed E-state index contributed by atoms with van der Waals surface area (Å²) in [6.07, 6.45) is 0.813. The maximum atomic E-state index is 13.2. The zero-order chi connectivity index (χ0) is 13.8. The summed E-state index contributed by atoms with van der Waals surface area (Å²) < 4.78 is 13.2. The van der Waals surface area contributed by atoms with E-state index in [-0.39, 0.29) is 16.9 Å². The maximum absolute atomic E-state index is 13.2. The Morgan fingerprint density at radius 3 is 2.68 bits per heavy atom. The predicted octanol–water partition coefficient (Wildman–Crippen LogP) is 4.74. The van der Waals surface area contributed by atoms with E-state index in [1.807, 2.05) is 0 Å². The van der Waals surface area contributed by atoms with Crippen LogP contribution in [0.15, 0.2) is 30.3 Å². The van der Waals surface area contributed by atoms with Crippen molar-refractivity contribution in [3.8, 4) is 0 Å². The summed E-state index contributed by atoms with van der Waals surface area (Å²) in [5.74, 6) is -0.364. The Kier molecular flexibility index (Phi) is 4.97. The SMILES string of the molecule is CCNC(Cc1ccc(F)c(Cl)c1)c1ccc(C)s1. The van der Waals surface area contributed by atoms with Crippen molar-refractivity contribution in [3.05, 3.63) is 56.5 Å². The van der Waals surface area contributed by atoms with Crippen molar-refractivity contribution in [3.63, 3.8) is 0 Å². The van der Waals surface area contributed by atoms with E-state index in [0.29, 0.717) is 0 Å². The summed E-state index contributed by atoms with van der Waals surface area (Å²) in [6, 6.07) is 9.47. The van der Waals surface area contributed by atoms with Crippen LogP contribution in [0.5, 0.6) is 0 Å². The first-order chi connectivity index (χ1) is 9.10. The molecule has 2 aromatic rings. The minimum atomic E-state index is -0.364. The molecule has 0 aliphatic heterocycles. The smallest absolute Gasteiger partial charge is 0.141 e. The molecule has 0 bridgehead atoms. The highest BCUT2D eigenvalue weighted by atomic mass is 35.5. The number of thiophene rings is 1. The lowest BCUT2D eigenvalue weighted by molar-refractivity contribution is 0.557. The largest absolute Gasteiger partial charge is 0.309 e. The van der Waals surface area contributed by atoms with E-state index >= 15 is 0 Å². The number of likely N-dealkylation sites (N-methyl/N-ethyl adjacent to an activating group) is 1. The number of aryl methyl sites for hydroxylation is 1. The fourth-order valence-electron chi connectivity index (χ4n) is 2.06. The molecule has 0 aliphatic carbocycles. The van der Waals surface area contributed by atoms with Crippen LogP contribution < -0.4 is 5.32 Å². The van der Waals surface area contributed by atoms with Gasteiger partial charge in [0.1, 0.15) is 5.82 Å². The molecule has 1 nitrogen and oxygen atoms in total. The van der Waals surface area contributed by atoms with Crippen molar-refractivity contribution in [2.45, 2.75) is 26.3 Å². The van der Waals surface area contributed by atoms with E-state index in [1.54, 1.807) is 23.5 Å². The molecule has 0 radical (unpaired) electrons. The summed E-state index contributed by atoms with van der Waals surface area (Å²) in [5.41, 5.74) is 1.04. The third kappa shape index (κ3) is 3.78. The molecule has 1 aromatic carbocycles. The number of hydrogen-bond donors (Lipinski definition) is 1. The highest BCUT2D eigenvalue weighted by molar-refractivity contribution is 7.12. The van der Waals surface area contributed by atoms with Crippen LogP contribution in [-0.4, -0.2) is 6.54 Å². The van der Waals surface area contributed by atoms with Gasteiger partial charge in [-0.25, -0.2) is 4.39 Å². The lowest BCUT2D eigenvalue weighted by atomic mass is 10.0. The maximum Gasteiger partial charge on any atom is 0.141 e. The van der Waals surface area contributed by atoms with Crippen molar-refractivity contribution in [1.29, 1.82) is 0 Å². The fourth-order valence-corrected chi connectivity index (χ4v) is 3.22. The van der Waals surface area contributed by atoms with Gasteiger partial charge < -0.3 is 5.32 Å². The van der Waals surface area contributed by atoms with Gasteiger partial charge in [-0.15, -0.1) is 11.3 Å². The van der Waals surface area contributed by atoms with Gasteiger partial charge in [0, 0.05) is 15.8 Å². The van der Waals surface area contributed by atoms with Crippen molar-refractivity contribution in [1.82, 2.24) is 5.32 Å². The van der Waals surface area contributed by atoms with Crippen LogP contribution in [0.1, 0.15) is 28.3 Å². The van der Waals surface area contributed by atoms with Crippen molar-refractivity contribution >= 4 is 22.9 Å². The van der Waals surface area contributed by atoms with Gasteiger partial charge in [0.25, 0.3) is 0 Å². The molecular weight excluding hydrogens is 281 g/mol. The quantitative estimate of drug-likeness (QED) is 0.840. The summed E-state index contributed by atoms with van der Waals surface area (Å²) in [5, 5.41) is 3.66. The van der Waals surface area contributed by atoms with E-state index in [0.717, 1.165) is 18.5 Å². The predicted molar refractivity (Wildman–Crippen MR) is 80.6 cm³/mol.